The largest absolute Gasteiger partial charge is 0.478 e. The van der Waals surface area contributed by atoms with E-state index in [1.54, 1.807) is 6.20 Å². The molecule has 6 nitrogen and oxygen atoms in total. The van der Waals surface area contributed by atoms with Gasteiger partial charge in [-0.25, -0.2) is 14.3 Å². The molecular weight excluding hydrogens is 234 g/mol. The van der Waals surface area contributed by atoms with Crippen LogP contribution in [0.1, 0.15) is 34.7 Å². The number of hydrogen-bond acceptors (Lipinski definition) is 4. The first-order valence-electron chi connectivity index (χ1n) is 5.90. The van der Waals surface area contributed by atoms with Crippen LogP contribution < -0.4 is 0 Å². The Hall–Kier alpha value is -1.95. The highest BCUT2D eigenvalue weighted by Gasteiger charge is 2.20. The molecule has 0 spiro atoms. The summed E-state index contributed by atoms with van der Waals surface area (Å²) >= 11 is 0. The first-order valence-corrected chi connectivity index (χ1v) is 5.90. The fraction of sp³-hybridized carbons (Fsp3) is 0.417. The zero-order valence-electron chi connectivity index (χ0n) is 9.74. The molecule has 1 saturated heterocycles. The van der Waals surface area contributed by atoms with Gasteiger partial charge in [0.2, 0.25) is 0 Å². The third-order valence-corrected chi connectivity index (χ3v) is 3.29. The second-order valence-corrected chi connectivity index (χ2v) is 4.40. The van der Waals surface area contributed by atoms with Crippen molar-refractivity contribution in [3.8, 4) is 0 Å². The molecule has 1 N–H and O–H groups in total. The molecule has 1 aliphatic heterocycles. The summed E-state index contributed by atoms with van der Waals surface area (Å²) in [6.07, 6.45) is 6.58. The first kappa shape index (κ1) is 11.2. The van der Waals surface area contributed by atoms with Gasteiger partial charge in [-0.3, -0.25) is 0 Å². The Kier molecular flexibility index (Phi) is 2.71. The minimum absolute atomic E-state index is 0.143. The number of fused-ring (bicyclic) bond motifs is 1. The van der Waals surface area contributed by atoms with Gasteiger partial charge in [-0.1, -0.05) is 0 Å². The molecule has 6 heteroatoms. The molecule has 0 aliphatic carbocycles. The number of rotatable bonds is 2. The Morgan fingerprint density at radius 3 is 2.89 bits per heavy atom. The van der Waals surface area contributed by atoms with Crippen LogP contribution in [0.25, 0.3) is 5.65 Å². The summed E-state index contributed by atoms with van der Waals surface area (Å²) in [6, 6.07) is 0. The maximum atomic E-state index is 10.9. The van der Waals surface area contributed by atoms with E-state index in [9.17, 15) is 4.79 Å². The monoisotopic (exact) mass is 247 g/mol. The van der Waals surface area contributed by atoms with Gasteiger partial charge in [-0.15, -0.1) is 0 Å². The summed E-state index contributed by atoms with van der Waals surface area (Å²) in [5, 5.41) is 13.1. The molecule has 0 unspecified atom stereocenters. The Morgan fingerprint density at radius 2 is 2.17 bits per heavy atom. The highest BCUT2D eigenvalue weighted by atomic mass is 16.5. The van der Waals surface area contributed by atoms with Crippen LogP contribution in [0, 0.1) is 0 Å². The van der Waals surface area contributed by atoms with Crippen molar-refractivity contribution in [3.05, 3.63) is 29.7 Å². The van der Waals surface area contributed by atoms with Crippen LogP contribution in [0.2, 0.25) is 0 Å². The maximum absolute atomic E-state index is 10.9. The van der Waals surface area contributed by atoms with E-state index in [4.69, 9.17) is 9.84 Å². The zero-order valence-corrected chi connectivity index (χ0v) is 9.74. The van der Waals surface area contributed by atoms with Crippen molar-refractivity contribution in [2.45, 2.75) is 18.8 Å². The van der Waals surface area contributed by atoms with Crippen molar-refractivity contribution in [2.75, 3.05) is 13.2 Å². The average molecular weight is 247 g/mol. The standard InChI is InChI=1S/C12H13N3O3/c16-12(17)9-5-13-11-10(6-14-15(11)7-9)8-1-3-18-4-2-8/h5-8H,1-4H2,(H,16,17). The Balaban J connectivity index is 2.01. The van der Waals surface area contributed by atoms with E-state index in [0.717, 1.165) is 37.3 Å². The fourth-order valence-electron chi connectivity index (χ4n) is 2.30. The molecule has 2 aromatic heterocycles. The maximum Gasteiger partial charge on any atom is 0.338 e. The molecule has 0 bridgehead atoms. The molecule has 1 aliphatic rings. The molecule has 3 rings (SSSR count). The molecular formula is C12H13N3O3. The minimum atomic E-state index is -0.993. The van der Waals surface area contributed by atoms with Gasteiger partial charge in [-0.2, -0.15) is 5.10 Å². The van der Waals surface area contributed by atoms with Crippen LogP contribution in [0.3, 0.4) is 0 Å². The van der Waals surface area contributed by atoms with Crippen molar-refractivity contribution in [1.82, 2.24) is 14.6 Å². The number of hydrogen-bond donors (Lipinski definition) is 1. The van der Waals surface area contributed by atoms with Crippen LogP contribution in [-0.4, -0.2) is 38.9 Å². The molecule has 0 atom stereocenters. The smallest absolute Gasteiger partial charge is 0.338 e. The fourth-order valence-corrected chi connectivity index (χ4v) is 2.30. The number of carboxylic acid groups (broad SMARTS) is 1. The first-order chi connectivity index (χ1) is 8.75. The quantitative estimate of drug-likeness (QED) is 0.866. The molecule has 94 valence electrons. The van der Waals surface area contributed by atoms with Crippen LogP contribution in [0.4, 0.5) is 0 Å². The van der Waals surface area contributed by atoms with Crippen LogP contribution in [-0.2, 0) is 4.74 Å². The lowest BCUT2D eigenvalue weighted by Crippen LogP contribution is -2.14. The molecule has 2 aromatic rings. The number of aromatic carboxylic acids is 1. The minimum Gasteiger partial charge on any atom is -0.478 e. The molecule has 0 saturated carbocycles. The van der Waals surface area contributed by atoms with E-state index in [2.05, 4.69) is 10.1 Å². The highest BCUT2D eigenvalue weighted by molar-refractivity contribution is 5.87. The van der Waals surface area contributed by atoms with Crippen molar-refractivity contribution < 1.29 is 14.6 Å². The third kappa shape index (κ3) is 1.84. The van der Waals surface area contributed by atoms with Crippen molar-refractivity contribution in [3.63, 3.8) is 0 Å². The number of carbonyl (C=O) groups is 1. The van der Waals surface area contributed by atoms with Crippen LogP contribution in [0.15, 0.2) is 18.6 Å². The van der Waals surface area contributed by atoms with Gasteiger partial charge in [0.25, 0.3) is 0 Å². The summed E-state index contributed by atoms with van der Waals surface area (Å²) in [5.41, 5.74) is 1.96. The SMILES string of the molecule is O=C(O)c1cnc2c(C3CCOCC3)cnn2c1. The number of nitrogens with zero attached hydrogens (tertiary/aromatic N) is 3. The van der Waals surface area contributed by atoms with Crippen LogP contribution >= 0.6 is 0 Å². The molecule has 3 heterocycles. The lowest BCUT2D eigenvalue weighted by Gasteiger charge is -2.20. The molecule has 1 fully saturated rings. The van der Waals surface area contributed by atoms with Gasteiger partial charge in [0.15, 0.2) is 5.65 Å². The summed E-state index contributed by atoms with van der Waals surface area (Å²) < 4.78 is 6.87. The van der Waals surface area contributed by atoms with E-state index in [1.165, 1.54) is 16.9 Å². The molecule has 0 aromatic carbocycles. The molecule has 0 radical (unpaired) electrons. The third-order valence-electron chi connectivity index (χ3n) is 3.29. The molecule has 18 heavy (non-hydrogen) atoms. The summed E-state index contributed by atoms with van der Waals surface area (Å²) in [6.45, 7) is 1.52. The lowest BCUT2D eigenvalue weighted by molar-refractivity contribution is 0.0695. The van der Waals surface area contributed by atoms with E-state index < -0.39 is 5.97 Å². The van der Waals surface area contributed by atoms with Gasteiger partial charge in [0.05, 0.1) is 11.8 Å². The Labute approximate surface area is 103 Å². The van der Waals surface area contributed by atoms with Gasteiger partial charge >= 0.3 is 5.97 Å². The van der Waals surface area contributed by atoms with Gasteiger partial charge in [-0.05, 0) is 18.8 Å². The van der Waals surface area contributed by atoms with Crippen molar-refractivity contribution >= 4 is 11.6 Å². The van der Waals surface area contributed by atoms with E-state index in [-0.39, 0.29) is 5.56 Å². The Bertz CT molecular complexity index is 587. The second kappa shape index (κ2) is 4.38. The van der Waals surface area contributed by atoms with E-state index >= 15 is 0 Å². The van der Waals surface area contributed by atoms with E-state index in [0.29, 0.717) is 5.92 Å². The number of ether oxygens (including phenoxy) is 1. The number of aromatic nitrogens is 3. The van der Waals surface area contributed by atoms with Gasteiger partial charge < -0.3 is 9.84 Å². The summed E-state index contributed by atoms with van der Waals surface area (Å²) in [5.74, 6) is -0.591. The molecule has 0 amide bonds. The summed E-state index contributed by atoms with van der Waals surface area (Å²) in [7, 11) is 0. The predicted octanol–water partition coefficient (Wildman–Crippen LogP) is 1.32. The topological polar surface area (TPSA) is 76.7 Å². The van der Waals surface area contributed by atoms with Gasteiger partial charge in [0.1, 0.15) is 0 Å². The zero-order chi connectivity index (χ0) is 12.5. The van der Waals surface area contributed by atoms with Crippen molar-refractivity contribution in [1.29, 1.82) is 0 Å². The highest BCUT2D eigenvalue weighted by Crippen LogP contribution is 2.28. The average Bonchev–Trinajstić information content (AvgIpc) is 2.82. The van der Waals surface area contributed by atoms with Crippen molar-refractivity contribution in [2.24, 2.45) is 0 Å². The normalized spacial score (nSPS) is 17.1. The van der Waals surface area contributed by atoms with Gasteiger partial charge in [0, 0.05) is 31.2 Å². The van der Waals surface area contributed by atoms with Crippen LogP contribution in [0.5, 0.6) is 0 Å². The second-order valence-electron chi connectivity index (χ2n) is 4.40. The number of carboxylic acids is 1. The Morgan fingerprint density at radius 1 is 1.39 bits per heavy atom. The van der Waals surface area contributed by atoms with E-state index in [1.807, 2.05) is 0 Å². The lowest BCUT2D eigenvalue weighted by atomic mass is 9.94. The predicted molar refractivity (Wildman–Crippen MR) is 62.7 cm³/mol. The summed E-state index contributed by atoms with van der Waals surface area (Å²) in [4.78, 5) is 15.1.